The van der Waals surface area contributed by atoms with E-state index >= 15 is 0 Å². The average Bonchev–Trinajstić information content (AvgIpc) is 2.78. The number of hydrogen-bond donors (Lipinski definition) is 3. The minimum absolute atomic E-state index is 0.124. The smallest absolute Gasteiger partial charge is 0.251 e. The molecule has 4 bridgehead atoms. The maximum atomic E-state index is 12.6. The van der Waals surface area contributed by atoms with E-state index in [-0.39, 0.29) is 17.4 Å². The molecule has 6 rings (SSSR count). The fourth-order valence-electron chi connectivity index (χ4n) is 6.49. The van der Waals surface area contributed by atoms with Crippen LogP contribution in [0.5, 0.6) is 0 Å². The first kappa shape index (κ1) is 20.8. The van der Waals surface area contributed by atoms with Gasteiger partial charge in [0.25, 0.3) is 5.91 Å². The predicted octanol–water partition coefficient (Wildman–Crippen LogP) is 5.08. The van der Waals surface area contributed by atoms with Gasteiger partial charge in [-0.3, -0.25) is 9.59 Å². The van der Waals surface area contributed by atoms with Crippen LogP contribution in [0.1, 0.15) is 54.4 Å². The van der Waals surface area contributed by atoms with Gasteiger partial charge in [0, 0.05) is 24.2 Å². The number of rotatable bonds is 6. The fraction of sp³-hybridized carbons (Fsp3) is 0.407. The van der Waals surface area contributed by atoms with Crippen LogP contribution in [-0.2, 0) is 4.79 Å². The molecule has 0 atom stereocenters. The predicted molar refractivity (Wildman–Crippen MR) is 128 cm³/mol. The van der Waals surface area contributed by atoms with Crippen molar-refractivity contribution >= 4 is 29.3 Å². The van der Waals surface area contributed by atoms with E-state index in [1.54, 1.807) is 25.3 Å². The van der Waals surface area contributed by atoms with Gasteiger partial charge >= 0.3 is 0 Å². The Morgan fingerprint density at radius 1 is 0.875 bits per heavy atom. The van der Waals surface area contributed by atoms with Crippen LogP contribution < -0.4 is 16.0 Å². The van der Waals surface area contributed by atoms with E-state index < -0.39 is 0 Å². The minimum atomic E-state index is -0.167. The molecule has 0 radical (unpaired) electrons. The van der Waals surface area contributed by atoms with Gasteiger partial charge in [-0.15, -0.1) is 0 Å². The number of hydrogen-bond acceptors (Lipinski definition) is 3. The molecular formula is C27H31N3O2. The second-order valence-corrected chi connectivity index (χ2v) is 9.89. The lowest BCUT2D eigenvalue weighted by molar-refractivity contribution is -0.111. The summed E-state index contributed by atoms with van der Waals surface area (Å²) in [7, 11) is 1.61. The number of nitrogens with one attached hydrogen (secondary N) is 3. The zero-order valence-corrected chi connectivity index (χ0v) is 18.6. The second-order valence-electron chi connectivity index (χ2n) is 9.89. The molecule has 4 aliphatic carbocycles. The van der Waals surface area contributed by atoms with Gasteiger partial charge in [-0.05, 0) is 92.2 Å². The molecule has 0 saturated heterocycles. The van der Waals surface area contributed by atoms with Crippen molar-refractivity contribution < 1.29 is 9.59 Å². The van der Waals surface area contributed by atoms with Gasteiger partial charge in [-0.1, -0.05) is 24.3 Å². The summed E-state index contributed by atoms with van der Waals surface area (Å²) in [6.45, 7) is 0. The number of benzene rings is 2. The van der Waals surface area contributed by atoms with Gasteiger partial charge in [-0.2, -0.15) is 0 Å². The molecule has 166 valence electrons. The Balaban J connectivity index is 1.26. The summed E-state index contributed by atoms with van der Waals surface area (Å²) in [5.74, 6) is 2.32. The third kappa shape index (κ3) is 4.29. The Morgan fingerprint density at radius 3 is 2.06 bits per heavy atom. The van der Waals surface area contributed by atoms with Gasteiger partial charge in [0.05, 0.1) is 11.4 Å². The summed E-state index contributed by atoms with van der Waals surface area (Å²) >= 11 is 0. The highest BCUT2D eigenvalue weighted by atomic mass is 16.2. The molecule has 5 nitrogen and oxygen atoms in total. The summed E-state index contributed by atoms with van der Waals surface area (Å²) in [5.41, 5.74) is 3.50. The van der Waals surface area contributed by atoms with E-state index in [0.717, 1.165) is 34.7 Å². The standard InChI is InChI=1S/C27H31N3O2/c1-28-26(32)22-9-6-18(7-10-22)8-11-25(31)29-23-4-2-3-5-24(23)30-27-15-19-12-20(16-27)14-21(13-19)17-27/h2-11,19-21,30H,12-17H2,1H3,(H,28,32)(H,29,31)/b11-8+. The molecular weight excluding hydrogens is 398 g/mol. The van der Waals surface area contributed by atoms with E-state index in [1.807, 2.05) is 30.3 Å². The molecule has 2 aromatic carbocycles. The Kier molecular flexibility index (Phi) is 5.50. The Bertz CT molecular complexity index is 1010. The summed E-state index contributed by atoms with van der Waals surface area (Å²) in [6, 6.07) is 15.2. The largest absolute Gasteiger partial charge is 0.378 e. The molecule has 0 aliphatic heterocycles. The SMILES string of the molecule is CNC(=O)c1ccc(/C=C/C(=O)Nc2ccccc2NC23CC4CC(CC(C4)C2)C3)cc1. The number of amides is 2. The van der Waals surface area contributed by atoms with Crippen LogP contribution in [0.4, 0.5) is 11.4 Å². The van der Waals surface area contributed by atoms with Crippen LogP contribution >= 0.6 is 0 Å². The quantitative estimate of drug-likeness (QED) is 0.561. The number of carbonyl (C=O) groups excluding carboxylic acids is 2. The lowest BCUT2D eigenvalue weighted by Crippen LogP contribution is -2.54. The van der Waals surface area contributed by atoms with Gasteiger partial charge in [0.15, 0.2) is 0 Å². The average molecular weight is 430 g/mol. The molecule has 0 heterocycles. The van der Waals surface area contributed by atoms with Gasteiger partial charge in [-0.25, -0.2) is 0 Å². The van der Waals surface area contributed by atoms with Crippen LogP contribution in [0.2, 0.25) is 0 Å². The molecule has 0 aromatic heterocycles. The Morgan fingerprint density at radius 2 is 1.47 bits per heavy atom. The second kappa shape index (κ2) is 8.45. The van der Waals surface area contributed by atoms with E-state index in [4.69, 9.17) is 0 Å². The summed E-state index contributed by atoms with van der Waals surface area (Å²) in [4.78, 5) is 24.3. The van der Waals surface area contributed by atoms with Crippen LogP contribution in [0.15, 0.2) is 54.6 Å². The molecule has 5 heteroatoms. The maximum Gasteiger partial charge on any atom is 0.251 e. The first-order chi connectivity index (χ1) is 15.5. The van der Waals surface area contributed by atoms with Crippen LogP contribution in [-0.4, -0.2) is 24.4 Å². The number of anilines is 2. The molecule has 3 N–H and O–H groups in total. The highest BCUT2D eigenvalue weighted by molar-refractivity contribution is 6.03. The van der Waals surface area contributed by atoms with Crippen molar-refractivity contribution in [2.24, 2.45) is 17.8 Å². The highest BCUT2D eigenvalue weighted by Crippen LogP contribution is 2.56. The van der Waals surface area contributed by atoms with Crippen LogP contribution in [0, 0.1) is 17.8 Å². The summed E-state index contributed by atoms with van der Waals surface area (Å²) < 4.78 is 0. The van der Waals surface area contributed by atoms with E-state index in [1.165, 1.54) is 44.6 Å². The monoisotopic (exact) mass is 429 g/mol. The fourth-order valence-corrected chi connectivity index (χ4v) is 6.49. The zero-order valence-electron chi connectivity index (χ0n) is 18.6. The Labute approximate surface area is 189 Å². The summed E-state index contributed by atoms with van der Waals surface area (Å²) in [5, 5.41) is 9.53. The van der Waals surface area contributed by atoms with Gasteiger partial charge in [0.1, 0.15) is 0 Å². The van der Waals surface area contributed by atoms with E-state index in [9.17, 15) is 9.59 Å². The van der Waals surface area contributed by atoms with Gasteiger partial charge in [0.2, 0.25) is 5.91 Å². The number of carbonyl (C=O) groups is 2. The summed E-state index contributed by atoms with van der Waals surface area (Å²) in [6.07, 6.45) is 11.3. The molecule has 2 aromatic rings. The maximum absolute atomic E-state index is 12.6. The Hall–Kier alpha value is -3.08. The molecule has 32 heavy (non-hydrogen) atoms. The van der Waals surface area contributed by atoms with E-state index in [2.05, 4.69) is 22.0 Å². The lowest BCUT2D eigenvalue weighted by Gasteiger charge is -2.57. The zero-order chi connectivity index (χ0) is 22.1. The molecule has 2 amide bonds. The molecule has 4 saturated carbocycles. The number of para-hydroxylation sites is 2. The van der Waals surface area contributed by atoms with Crippen molar-refractivity contribution in [3.63, 3.8) is 0 Å². The van der Waals surface area contributed by atoms with Crippen molar-refractivity contribution in [3.05, 3.63) is 65.7 Å². The van der Waals surface area contributed by atoms with Gasteiger partial charge < -0.3 is 16.0 Å². The van der Waals surface area contributed by atoms with Crippen LogP contribution in [0.3, 0.4) is 0 Å². The molecule has 0 unspecified atom stereocenters. The van der Waals surface area contributed by atoms with Crippen molar-refractivity contribution in [2.45, 2.75) is 44.1 Å². The van der Waals surface area contributed by atoms with Crippen molar-refractivity contribution in [1.29, 1.82) is 0 Å². The first-order valence-corrected chi connectivity index (χ1v) is 11.7. The lowest BCUT2D eigenvalue weighted by atomic mass is 9.53. The third-order valence-electron chi connectivity index (χ3n) is 7.45. The van der Waals surface area contributed by atoms with Crippen molar-refractivity contribution in [2.75, 3.05) is 17.7 Å². The first-order valence-electron chi connectivity index (χ1n) is 11.7. The third-order valence-corrected chi connectivity index (χ3v) is 7.45. The van der Waals surface area contributed by atoms with Crippen molar-refractivity contribution in [3.8, 4) is 0 Å². The highest BCUT2D eigenvalue weighted by Gasteiger charge is 2.51. The topological polar surface area (TPSA) is 70.2 Å². The molecule has 4 aliphatic rings. The van der Waals surface area contributed by atoms with Crippen LogP contribution in [0.25, 0.3) is 6.08 Å². The minimum Gasteiger partial charge on any atom is -0.378 e. The molecule has 0 spiro atoms. The van der Waals surface area contributed by atoms with Crippen molar-refractivity contribution in [1.82, 2.24) is 5.32 Å². The van der Waals surface area contributed by atoms with E-state index in [0.29, 0.717) is 5.56 Å². The normalized spacial score (nSPS) is 28.0. The molecule has 4 fully saturated rings.